The maximum Gasteiger partial charge on any atom is 0.131 e. The van der Waals surface area contributed by atoms with Crippen LogP contribution in [0.25, 0.3) is 0 Å². The molecule has 0 saturated heterocycles. The zero-order valence-electron chi connectivity index (χ0n) is 10.4. The molecular formula is C14H15F2NOS. The molecule has 19 heavy (non-hydrogen) atoms. The van der Waals surface area contributed by atoms with Gasteiger partial charge >= 0.3 is 0 Å². The van der Waals surface area contributed by atoms with E-state index in [1.807, 2.05) is 24.4 Å². The summed E-state index contributed by atoms with van der Waals surface area (Å²) in [6.07, 6.45) is -0.997. The quantitative estimate of drug-likeness (QED) is 0.881. The summed E-state index contributed by atoms with van der Waals surface area (Å²) in [5, 5.41) is 15.0. The number of thiophene rings is 1. The molecule has 1 aromatic carbocycles. The predicted molar refractivity (Wildman–Crippen MR) is 72.1 cm³/mol. The first kappa shape index (κ1) is 14.1. The van der Waals surface area contributed by atoms with Gasteiger partial charge in [0.15, 0.2) is 0 Å². The Hall–Kier alpha value is -1.30. The van der Waals surface area contributed by atoms with Crippen LogP contribution in [0.4, 0.5) is 8.78 Å². The highest BCUT2D eigenvalue weighted by molar-refractivity contribution is 7.10. The van der Waals surface area contributed by atoms with Crippen LogP contribution in [0.1, 0.15) is 29.5 Å². The van der Waals surface area contributed by atoms with Gasteiger partial charge in [0.25, 0.3) is 0 Å². The van der Waals surface area contributed by atoms with Crippen molar-refractivity contribution >= 4 is 11.3 Å². The van der Waals surface area contributed by atoms with E-state index in [1.54, 1.807) is 11.3 Å². The third kappa shape index (κ3) is 3.59. The molecule has 2 aromatic rings. The number of rotatable bonds is 5. The molecule has 2 unspecified atom stereocenters. The molecule has 0 aliphatic rings. The minimum atomic E-state index is -0.997. The summed E-state index contributed by atoms with van der Waals surface area (Å²) in [5.41, 5.74) is 0.104. The van der Waals surface area contributed by atoms with Crippen molar-refractivity contribution in [3.63, 3.8) is 0 Å². The zero-order chi connectivity index (χ0) is 13.8. The van der Waals surface area contributed by atoms with Gasteiger partial charge in [-0.25, -0.2) is 8.78 Å². The summed E-state index contributed by atoms with van der Waals surface area (Å²) in [6, 6.07) is 7.22. The molecule has 2 N–H and O–H groups in total. The topological polar surface area (TPSA) is 32.3 Å². The van der Waals surface area contributed by atoms with Gasteiger partial charge in [-0.1, -0.05) is 12.1 Å². The monoisotopic (exact) mass is 283 g/mol. The highest BCUT2D eigenvalue weighted by Gasteiger charge is 2.15. The number of benzene rings is 1. The molecule has 0 aliphatic heterocycles. The van der Waals surface area contributed by atoms with Crippen molar-refractivity contribution in [3.8, 4) is 0 Å². The molecular weight excluding hydrogens is 268 g/mol. The Morgan fingerprint density at radius 1 is 1.32 bits per heavy atom. The Morgan fingerprint density at radius 3 is 2.74 bits per heavy atom. The van der Waals surface area contributed by atoms with Crippen LogP contribution >= 0.6 is 11.3 Å². The van der Waals surface area contributed by atoms with Gasteiger partial charge < -0.3 is 10.4 Å². The van der Waals surface area contributed by atoms with E-state index in [9.17, 15) is 13.9 Å². The summed E-state index contributed by atoms with van der Waals surface area (Å²) < 4.78 is 26.2. The number of hydrogen-bond donors (Lipinski definition) is 2. The van der Waals surface area contributed by atoms with Crippen LogP contribution in [-0.2, 0) is 0 Å². The molecule has 2 nitrogen and oxygen atoms in total. The minimum Gasteiger partial charge on any atom is -0.387 e. The molecule has 1 heterocycles. The highest BCUT2D eigenvalue weighted by atomic mass is 32.1. The van der Waals surface area contributed by atoms with Gasteiger partial charge in [-0.05, 0) is 24.4 Å². The van der Waals surface area contributed by atoms with Crippen molar-refractivity contribution in [2.45, 2.75) is 19.1 Å². The van der Waals surface area contributed by atoms with Crippen molar-refractivity contribution in [2.75, 3.05) is 6.54 Å². The predicted octanol–water partition coefficient (Wildman–Crippen LogP) is 3.41. The van der Waals surface area contributed by atoms with E-state index in [2.05, 4.69) is 5.32 Å². The Balaban J connectivity index is 1.96. The van der Waals surface area contributed by atoms with Crippen LogP contribution < -0.4 is 5.32 Å². The Morgan fingerprint density at radius 2 is 2.11 bits per heavy atom. The smallest absolute Gasteiger partial charge is 0.131 e. The van der Waals surface area contributed by atoms with Crippen molar-refractivity contribution in [1.29, 1.82) is 0 Å². The lowest BCUT2D eigenvalue weighted by atomic mass is 10.1. The lowest BCUT2D eigenvalue weighted by Crippen LogP contribution is -2.24. The summed E-state index contributed by atoms with van der Waals surface area (Å²) in [7, 11) is 0. The third-order valence-corrected chi connectivity index (χ3v) is 3.96. The fourth-order valence-corrected chi connectivity index (χ4v) is 2.57. The van der Waals surface area contributed by atoms with Crippen LogP contribution in [-0.4, -0.2) is 11.7 Å². The summed E-state index contributed by atoms with van der Waals surface area (Å²) in [5.74, 6) is -1.37. The van der Waals surface area contributed by atoms with E-state index in [-0.39, 0.29) is 18.2 Å². The maximum atomic E-state index is 13.5. The van der Waals surface area contributed by atoms with Gasteiger partial charge in [-0.3, -0.25) is 0 Å². The van der Waals surface area contributed by atoms with E-state index in [0.29, 0.717) is 0 Å². The van der Waals surface area contributed by atoms with Crippen molar-refractivity contribution in [3.05, 3.63) is 57.8 Å². The first-order chi connectivity index (χ1) is 9.08. The largest absolute Gasteiger partial charge is 0.387 e. The van der Waals surface area contributed by atoms with Gasteiger partial charge in [0, 0.05) is 29.1 Å². The van der Waals surface area contributed by atoms with Crippen LogP contribution in [0, 0.1) is 11.6 Å². The lowest BCUT2D eigenvalue weighted by Gasteiger charge is -2.17. The number of halogens is 2. The Kier molecular flexibility index (Phi) is 4.63. The summed E-state index contributed by atoms with van der Waals surface area (Å²) in [6.45, 7) is 2.18. The highest BCUT2D eigenvalue weighted by Crippen LogP contribution is 2.21. The summed E-state index contributed by atoms with van der Waals surface area (Å²) >= 11 is 1.62. The van der Waals surface area contributed by atoms with Crippen LogP contribution in [0.2, 0.25) is 0 Å². The van der Waals surface area contributed by atoms with Crippen molar-refractivity contribution in [1.82, 2.24) is 5.32 Å². The van der Waals surface area contributed by atoms with E-state index in [4.69, 9.17) is 0 Å². The van der Waals surface area contributed by atoms with Gasteiger partial charge in [-0.15, -0.1) is 11.3 Å². The molecule has 0 fully saturated rings. The third-order valence-electron chi connectivity index (χ3n) is 2.91. The van der Waals surface area contributed by atoms with E-state index >= 15 is 0 Å². The zero-order valence-corrected chi connectivity index (χ0v) is 11.3. The lowest BCUT2D eigenvalue weighted by molar-refractivity contribution is 0.166. The normalized spacial score (nSPS) is 14.3. The van der Waals surface area contributed by atoms with Crippen molar-refractivity contribution in [2.24, 2.45) is 0 Å². The molecule has 0 spiro atoms. The standard InChI is InChI=1S/C14H15F2NOS/c1-9(14-3-2-6-19-14)17-8-13(18)11-5-4-10(15)7-12(11)16/h2-7,9,13,17-18H,8H2,1H3. The fraction of sp³-hybridized carbons (Fsp3) is 0.286. The molecule has 5 heteroatoms. The second-order valence-corrected chi connectivity index (χ2v) is 5.31. The van der Waals surface area contributed by atoms with E-state index in [1.165, 1.54) is 6.07 Å². The maximum absolute atomic E-state index is 13.5. The first-order valence-corrected chi connectivity index (χ1v) is 6.85. The number of nitrogens with one attached hydrogen (secondary N) is 1. The van der Waals surface area contributed by atoms with Gasteiger partial charge in [-0.2, -0.15) is 0 Å². The molecule has 102 valence electrons. The Labute approximate surface area is 114 Å². The SMILES string of the molecule is CC(NCC(O)c1ccc(F)cc1F)c1cccs1. The van der Waals surface area contributed by atoms with E-state index in [0.717, 1.165) is 17.0 Å². The molecule has 0 amide bonds. The Bertz CT molecular complexity index is 530. The molecule has 0 saturated carbocycles. The summed E-state index contributed by atoms with van der Waals surface area (Å²) in [4.78, 5) is 1.15. The fourth-order valence-electron chi connectivity index (χ4n) is 1.81. The second kappa shape index (κ2) is 6.23. The van der Waals surface area contributed by atoms with Gasteiger partial charge in [0.05, 0.1) is 6.10 Å². The number of aliphatic hydroxyl groups is 1. The number of aliphatic hydroxyl groups excluding tert-OH is 1. The second-order valence-electron chi connectivity index (χ2n) is 4.33. The van der Waals surface area contributed by atoms with Crippen LogP contribution in [0.3, 0.4) is 0 Å². The number of hydrogen-bond acceptors (Lipinski definition) is 3. The first-order valence-electron chi connectivity index (χ1n) is 5.97. The molecule has 2 atom stereocenters. The average molecular weight is 283 g/mol. The molecule has 0 aliphatic carbocycles. The van der Waals surface area contributed by atoms with Gasteiger partial charge in [0.2, 0.25) is 0 Å². The van der Waals surface area contributed by atoms with E-state index < -0.39 is 17.7 Å². The molecule has 0 radical (unpaired) electrons. The minimum absolute atomic E-state index is 0.0816. The van der Waals surface area contributed by atoms with Crippen molar-refractivity contribution < 1.29 is 13.9 Å². The molecule has 2 rings (SSSR count). The average Bonchev–Trinajstić information content (AvgIpc) is 2.89. The van der Waals surface area contributed by atoms with Crippen LogP contribution in [0.5, 0.6) is 0 Å². The molecule has 0 bridgehead atoms. The van der Waals surface area contributed by atoms with Crippen LogP contribution in [0.15, 0.2) is 35.7 Å². The van der Waals surface area contributed by atoms with Gasteiger partial charge in [0.1, 0.15) is 11.6 Å². The molecule has 1 aromatic heterocycles.